The Hall–Kier alpha value is -8.40. The van der Waals surface area contributed by atoms with Gasteiger partial charge >= 0.3 is 0 Å². The van der Waals surface area contributed by atoms with Gasteiger partial charge in [-0.3, -0.25) is 0 Å². The molecule has 1 aromatic heterocycles. The van der Waals surface area contributed by atoms with E-state index in [9.17, 15) is 0 Å². The molecule has 296 valence electrons. The first-order valence-electron chi connectivity index (χ1n) is 21.5. The van der Waals surface area contributed by atoms with Crippen LogP contribution in [0.2, 0.25) is 0 Å². The Labute approximate surface area is 365 Å². The molecule has 0 saturated heterocycles. The smallest absolute Gasteiger partial charge is 0.137 e. The first-order chi connectivity index (χ1) is 31.2. The van der Waals surface area contributed by atoms with Gasteiger partial charge < -0.3 is 14.2 Å². The van der Waals surface area contributed by atoms with E-state index in [1.165, 1.54) is 54.6 Å². The van der Waals surface area contributed by atoms with Crippen LogP contribution in [0.1, 0.15) is 0 Å². The van der Waals surface area contributed by atoms with Gasteiger partial charge in [0.25, 0.3) is 0 Å². The maximum Gasteiger partial charge on any atom is 0.137 e. The van der Waals surface area contributed by atoms with Gasteiger partial charge in [-0.2, -0.15) is 0 Å². The molecular formula is C60H40N2O. The summed E-state index contributed by atoms with van der Waals surface area (Å²) >= 11 is 0. The van der Waals surface area contributed by atoms with Gasteiger partial charge in [-0.05, 0) is 146 Å². The third-order valence-corrected chi connectivity index (χ3v) is 12.4. The Morgan fingerprint density at radius 3 is 1.44 bits per heavy atom. The molecule has 0 unspecified atom stereocenters. The third kappa shape index (κ3) is 6.55. The highest BCUT2D eigenvalue weighted by Gasteiger charge is 2.20. The summed E-state index contributed by atoms with van der Waals surface area (Å²) in [6, 6.07) is 87.2. The number of anilines is 6. The zero-order valence-corrected chi connectivity index (χ0v) is 34.4. The van der Waals surface area contributed by atoms with Crippen LogP contribution in [-0.2, 0) is 0 Å². The minimum atomic E-state index is 0.858. The molecular weight excluding hydrogens is 765 g/mol. The second kappa shape index (κ2) is 15.3. The normalized spacial score (nSPS) is 11.5. The molecule has 0 aliphatic carbocycles. The van der Waals surface area contributed by atoms with E-state index in [-0.39, 0.29) is 0 Å². The summed E-state index contributed by atoms with van der Waals surface area (Å²) < 4.78 is 6.58. The predicted octanol–water partition coefficient (Wildman–Crippen LogP) is 17.3. The molecule has 0 aliphatic heterocycles. The summed E-state index contributed by atoms with van der Waals surface area (Å²) in [6.07, 6.45) is 0. The number of fused-ring (bicyclic) bond motifs is 6. The van der Waals surface area contributed by atoms with Crippen molar-refractivity contribution in [1.82, 2.24) is 0 Å². The van der Waals surface area contributed by atoms with Crippen LogP contribution in [0.15, 0.2) is 247 Å². The van der Waals surface area contributed by atoms with Crippen molar-refractivity contribution in [3.8, 4) is 22.3 Å². The number of furan rings is 1. The van der Waals surface area contributed by atoms with Gasteiger partial charge in [0.1, 0.15) is 11.2 Å². The molecule has 3 heteroatoms. The predicted molar refractivity (Wildman–Crippen MR) is 266 cm³/mol. The van der Waals surface area contributed by atoms with Gasteiger partial charge in [0.15, 0.2) is 0 Å². The van der Waals surface area contributed by atoms with Crippen molar-refractivity contribution >= 4 is 88.4 Å². The van der Waals surface area contributed by atoms with E-state index < -0.39 is 0 Å². The van der Waals surface area contributed by atoms with Crippen molar-refractivity contribution in [2.45, 2.75) is 0 Å². The van der Waals surface area contributed by atoms with Gasteiger partial charge in [-0.25, -0.2) is 0 Å². The maximum absolute atomic E-state index is 6.58. The lowest BCUT2D eigenvalue weighted by atomic mass is 9.91. The summed E-state index contributed by atoms with van der Waals surface area (Å²) in [5.74, 6) is 0. The fraction of sp³-hybridized carbons (Fsp3) is 0. The SMILES string of the molecule is c1ccc(N(c2ccc(-c3cc(-c4cccc5ccccc45)cc4ccccc34)cc2)c2cccc(N(c3ccccc3)c3ccc4c(c3)oc3cc5ccccc5cc34)c2)cc1. The average Bonchev–Trinajstić information content (AvgIpc) is 3.70. The lowest BCUT2D eigenvalue weighted by Gasteiger charge is -2.29. The number of para-hydroxylation sites is 2. The molecule has 11 aromatic carbocycles. The Balaban J connectivity index is 0.957. The maximum atomic E-state index is 6.58. The number of rotatable bonds is 8. The molecule has 63 heavy (non-hydrogen) atoms. The van der Waals surface area contributed by atoms with E-state index >= 15 is 0 Å². The van der Waals surface area contributed by atoms with Gasteiger partial charge in [0.2, 0.25) is 0 Å². The fourth-order valence-corrected chi connectivity index (χ4v) is 9.38. The van der Waals surface area contributed by atoms with Gasteiger partial charge in [0, 0.05) is 51.0 Å². The van der Waals surface area contributed by atoms with Crippen molar-refractivity contribution in [3.63, 3.8) is 0 Å². The largest absolute Gasteiger partial charge is 0.456 e. The molecule has 12 rings (SSSR count). The second-order valence-corrected chi connectivity index (χ2v) is 16.2. The highest BCUT2D eigenvalue weighted by molar-refractivity contribution is 6.11. The highest BCUT2D eigenvalue weighted by Crippen LogP contribution is 2.44. The van der Waals surface area contributed by atoms with Crippen LogP contribution in [0.5, 0.6) is 0 Å². The van der Waals surface area contributed by atoms with Crippen molar-refractivity contribution in [1.29, 1.82) is 0 Å². The number of nitrogens with zero attached hydrogens (tertiary/aromatic N) is 2. The van der Waals surface area contributed by atoms with Gasteiger partial charge in [-0.1, -0.05) is 146 Å². The first kappa shape index (κ1) is 36.5. The molecule has 0 radical (unpaired) electrons. The lowest BCUT2D eigenvalue weighted by molar-refractivity contribution is 0.669. The molecule has 0 fully saturated rings. The summed E-state index contributed by atoms with van der Waals surface area (Å²) in [5, 5.41) is 9.56. The molecule has 0 saturated carbocycles. The van der Waals surface area contributed by atoms with Gasteiger partial charge in [-0.15, -0.1) is 0 Å². The highest BCUT2D eigenvalue weighted by atomic mass is 16.3. The van der Waals surface area contributed by atoms with E-state index in [1.807, 2.05) is 0 Å². The molecule has 0 N–H and O–H groups in total. The summed E-state index contributed by atoms with van der Waals surface area (Å²) in [7, 11) is 0. The van der Waals surface area contributed by atoms with Crippen LogP contribution in [0.3, 0.4) is 0 Å². The quantitative estimate of drug-likeness (QED) is 0.153. The van der Waals surface area contributed by atoms with E-state index in [1.54, 1.807) is 0 Å². The fourth-order valence-electron chi connectivity index (χ4n) is 9.38. The number of hydrogen-bond donors (Lipinski definition) is 0. The van der Waals surface area contributed by atoms with Crippen LogP contribution in [0.25, 0.3) is 76.5 Å². The van der Waals surface area contributed by atoms with Crippen molar-refractivity contribution < 1.29 is 4.42 Å². The minimum absolute atomic E-state index is 0.858. The third-order valence-electron chi connectivity index (χ3n) is 12.4. The van der Waals surface area contributed by atoms with Crippen LogP contribution >= 0.6 is 0 Å². The molecule has 12 aromatic rings. The molecule has 0 atom stereocenters. The molecule has 3 nitrogen and oxygen atoms in total. The Morgan fingerprint density at radius 2 is 0.730 bits per heavy atom. The van der Waals surface area contributed by atoms with E-state index in [4.69, 9.17) is 4.42 Å². The van der Waals surface area contributed by atoms with Crippen molar-refractivity contribution in [2.24, 2.45) is 0 Å². The van der Waals surface area contributed by atoms with E-state index in [2.05, 4.69) is 252 Å². The first-order valence-corrected chi connectivity index (χ1v) is 21.5. The summed E-state index contributed by atoms with van der Waals surface area (Å²) in [6.45, 7) is 0. The topological polar surface area (TPSA) is 19.6 Å². The zero-order valence-electron chi connectivity index (χ0n) is 34.4. The monoisotopic (exact) mass is 804 g/mol. The van der Waals surface area contributed by atoms with Crippen LogP contribution in [0.4, 0.5) is 34.1 Å². The second-order valence-electron chi connectivity index (χ2n) is 16.2. The Morgan fingerprint density at radius 1 is 0.238 bits per heavy atom. The Bertz CT molecular complexity index is 3620. The van der Waals surface area contributed by atoms with Crippen LogP contribution in [0, 0.1) is 0 Å². The van der Waals surface area contributed by atoms with Gasteiger partial charge in [0.05, 0.1) is 0 Å². The molecule has 0 amide bonds. The number of benzene rings is 11. The number of hydrogen-bond acceptors (Lipinski definition) is 3. The van der Waals surface area contributed by atoms with Crippen molar-refractivity contribution in [2.75, 3.05) is 9.80 Å². The van der Waals surface area contributed by atoms with E-state index in [0.717, 1.165) is 56.1 Å². The lowest BCUT2D eigenvalue weighted by Crippen LogP contribution is -2.13. The molecule has 1 heterocycles. The molecule has 0 spiro atoms. The van der Waals surface area contributed by atoms with Crippen LogP contribution < -0.4 is 9.80 Å². The van der Waals surface area contributed by atoms with E-state index in [0.29, 0.717) is 0 Å². The van der Waals surface area contributed by atoms with Crippen molar-refractivity contribution in [3.05, 3.63) is 243 Å². The zero-order chi connectivity index (χ0) is 41.7. The molecule has 0 aliphatic rings. The Kier molecular flexibility index (Phi) is 8.83. The summed E-state index contributed by atoms with van der Waals surface area (Å²) in [5.41, 5.74) is 12.9. The average molecular weight is 805 g/mol. The molecule has 0 bridgehead atoms. The van der Waals surface area contributed by atoms with Crippen LogP contribution in [-0.4, -0.2) is 0 Å². The summed E-state index contributed by atoms with van der Waals surface area (Å²) in [4.78, 5) is 4.65. The standard InChI is InChI=1S/C60H40N2O/c1-3-20-47(21-4-1)61(49-31-29-42(30-32-49)57-37-46(35-45-18-10-12-27-54(45)57)55-28-13-19-41-15-9-11-26-53(41)55)50-24-14-25-51(39-50)62(48-22-5-2-6-23-48)52-33-34-56-58-36-43-16-7-8-17-44(43)38-59(58)63-60(56)40-52/h1-40H. The minimum Gasteiger partial charge on any atom is -0.456 e.